The summed E-state index contributed by atoms with van der Waals surface area (Å²) in [6, 6.07) is 10.1. The first-order valence-electron chi connectivity index (χ1n) is 12.2. The number of amides is 2. The van der Waals surface area contributed by atoms with Crippen LogP contribution in [-0.4, -0.2) is 50.5 Å². The second-order valence-electron chi connectivity index (χ2n) is 8.92. The van der Waals surface area contributed by atoms with Gasteiger partial charge in [-0.15, -0.1) is 0 Å². The molecule has 0 spiro atoms. The number of anilines is 1. The summed E-state index contributed by atoms with van der Waals surface area (Å²) < 4.78 is 65.1. The van der Waals surface area contributed by atoms with E-state index in [1.165, 1.54) is 11.0 Å². The van der Waals surface area contributed by atoms with Gasteiger partial charge in [-0.05, 0) is 49.6 Å². The molecular weight excluding hydrogens is 543 g/mol. The van der Waals surface area contributed by atoms with Gasteiger partial charge in [-0.3, -0.25) is 13.9 Å². The van der Waals surface area contributed by atoms with Gasteiger partial charge in [0.2, 0.25) is 21.8 Å². The Morgan fingerprint density at radius 2 is 1.76 bits per heavy atom. The number of hydrogen-bond donors (Lipinski definition) is 1. The molecule has 1 atom stereocenters. The van der Waals surface area contributed by atoms with Crippen LogP contribution >= 0.6 is 11.6 Å². The minimum Gasteiger partial charge on any atom is -0.354 e. The summed E-state index contributed by atoms with van der Waals surface area (Å²) in [6.07, 6.45) is -2.19. The number of rotatable bonds is 13. The fraction of sp³-hybridized carbons (Fsp3) is 0.462. The zero-order chi connectivity index (χ0) is 28.5. The average Bonchev–Trinajstić information content (AvgIpc) is 2.84. The number of hydrogen-bond acceptors (Lipinski definition) is 4. The normalized spacial score (nSPS) is 12.6. The standard InChI is InChI=1S/C26H33ClF3N3O4S/c1-4-5-15-31-25(35)19(2)32(18-20-10-6-7-13-23(20)27)24(34)14-9-16-33(38(3,36)37)22-12-8-11-21(17-22)26(28,29)30/h6-8,10-13,17,19H,4-5,9,14-16,18H2,1-3H3,(H,31,35)/t19-/m0/s1. The average molecular weight is 576 g/mol. The van der Waals surface area contributed by atoms with Gasteiger partial charge in [0.1, 0.15) is 6.04 Å². The van der Waals surface area contributed by atoms with Crippen molar-refractivity contribution in [3.05, 3.63) is 64.7 Å². The number of nitrogens with one attached hydrogen (secondary N) is 1. The third-order valence-corrected chi connectivity index (χ3v) is 7.47. The molecule has 0 saturated heterocycles. The van der Waals surface area contributed by atoms with Crippen molar-refractivity contribution in [1.82, 2.24) is 10.2 Å². The molecule has 210 valence electrons. The van der Waals surface area contributed by atoms with Crippen LogP contribution in [0.15, 0.2) is 48.5 Å². The van der Waals surface area contributed by atoms with Crippen molar-refractivity contribution in [3.8, 4) is 0 Å². The van der Waals surface area contributed by atoms with E-state index in [1.54, 1.807) is 31.2 Å². The quantitative estimate of drug-likeness (QED) is 0.331. The summed E-state index contributed by atoms with van der Waals surface area (Å²) in [5.41, 5.74) is -0.489. The van der Waals surface area contributed by atoms with E-state index in [0.29, 0.717) is 17.1 Å². The number of benzene rings is 2. The first-order chi connectivity index (χ1) is 17.8. The van der Waals surface area contributed by atoms with E-state index < -0.39 is 33.7 Å². The lowest BCUT2D eigenvalue weighted by atomic mass is 10.1. The minimum atomic E-state index is -4.64. The molecule has 0 radical (unpaired) electrons. The lowest BCUT2D eigenvalue weighted by Crippen LogP contribution is -2.48. The highest BCUT2D eigenvalue weighted by molar-refractivity contribution is 7.92. The van der Waals surface area contributed by atoms with Gasteiger partial charge in [0, 0.05) is 31.1 Å². The number of sulfonamides is 1. The van der Waals surface area contributed by atoms with E-state index in [-0.39, 0.29) is 37.5 Å². The predicted molar refractivity (Wildman–Crippen MR) is 142 cm³/mol. The molecule has 0 bridgehead atoms. The van der Waals surface area contributed by atoms with Crippen molar-refractivity contribution >= 4 is 39.1 Å². The number of nitrogens with zero attached hydrogens (tertiary/aromatic N) is 2. The highest BCUT2D eigenvalue weighted by Crippen LogP contribution is 2.32. The van der Waals surface area contributed by atoms with Crippen LogP contribution < -0.4 is 9.62 Å². The van der Waals surface area contributed by atoms with Crippen LogP contribution in [0.5, 0.6) is 0 Å². The van der Waals surface area contributed by atoms with Gasteiger partial charge in [-0.25, -0.2) is 8.42 Å². The summed E-state index contributed by atoms with van der Waals surface area (Å²) >= 11 is 6.28. The Balaban J connectivity index is 2.20. The molecule has 2 aromatic rings. The van der Waals surface area contributed by atoms with Crippen LogP contribution in [-0.2, 0) is 32.3 Å². The lowest BCUT2D eigenvalue weighted by molar-refractivity contribution is -0.140. The Hall–Kier alpha value is -2.79. The molecule has 38 heavy (non-hydrogen) atoms. The van der Waals surface area contributed by atoms with Crippen LogP contribution in [0.1, 0.15) is 50.7 Å². The summed E-state index contributed by atoms with van der Waals surface area (Å²) in [7, 11) is -3.94. The largest absolute Gasteiger partial charge is 0.416 e. The maximum absolute atomic E-state index is 13.3. The topological polar surface area (TPSA) is 86.8 Å². The Morgan fingerprint density at radius 3 is 2.37 bits per heavy atom. The van der Waals surface area contributed by atoms with Crippen LogP contribution in [0.4, 0.5) is 18.9 Å². The third kappa shape index (κ3) is 9.20. The smallest absolute Gasteiger partial charge is 0.354 e. The minimum absolute atomic E-state index is 0.0192. The Bertz CT molecular complexity index is 1210. The number of alkyl halides is 3. The van der Waals surface area contributed by atoms with E-state index in [4.69, 9.17) is 11.6 Å². The molecule has 2 amide bonds. The van der Waals surface area contributed by atoms with Crippen molar-refractivity contribution in [1.29, 1.82) is 0 Å². The second-order valence-corrected chi connectivity index (χ2v) is 11.2. The van der Waals surface area contributed by atoms with Gasteiger partial charge < -0.3 is 10.2 Å². The number of unbranched alkanes of at least 4 members (excludes halogenated alkanes) is 1. The summed E-state index contributed by atoms with van der Waals surface area (Å²) in [5, 5.41) is 3.23. The molecule has 1 N–H and O–H groups in total. The van der Waals surface area contributed by atoms with Gasteiger partial charge in [-0.1, -0.05) is 49.2 Å². The van der Waals surface area contributed by atoms with Crippen LogP contribution in [0.25, 0.3) is 0 Å². The molecule has 7 nitrogen and oxygen atoms in total. The molecule has 12 heteroatoms. The van der Waals surface area contributed by atoms with Crippen molar-refractivity contribution in [2.45, 2.75) is 58.3 Å². The fourth-order valence-electron chi connectivity index (χ4n) is 3.77. The first kappa shape index (κ1) is 31.4. The maximum Gasteiger partial charge on any atom is 0.416 e. The monoisotopic (exact) mass is 575 g/mol. The van der Waals surface area contributed by atoms with E-state index in [1.807, 2.05) is 6.92 Å². The van der Waals surface area contributed by atoms with Crippen molar-refractivity contribution < 1.29 is 31.2 Å². The molecule has 0 aliphatic rings. The van der Waals surface area contributed by atoms with E-state index in [9.17, 15) is 31.2 Å². The Morgan fingerprint density at radius 1 is 1.08 bits per heavy atom. The van der Waals surface area contributed by atoms with Gasteiger partial charge >= 0.3 is 6.18 Å². The highest BCUT2D eigenvalue weighted by Gasteiger charge is 2.32. The predicted octanol–water partition coefficient (Wildman–Crippen LogP) is 5.24. The fourth-order valence-corrected chi connectivity index (χ4v) is 4.92. The molecular formula is C26H33ClF3N3O4S. The van der Waals surface area contributed by atoms with Crippen molar-refractivity contribution in [2.24, 2.45) is 0 Å². The Kier molecular flexibility index (Phi) is 11.4. The van der Waals surface area contributed by atoms with Crippen LogP contribution in [0, 0.1) is 0 Å². The highest BCUT2D eigenvalue weighted by atomic mass is 35.5. The summed E-state index contributed by atoms with van der Waals surface area (Å²) in [4.78, 5) is 27.4. The third-order valence-electron chi connectivity index (χ3n) is 5.91. The molecule has 0 saturated carbocycles. The van der Waals surface area contributed by atoms with Gasteiger partial charge in [0.25, 0.3) is 0 Å². The SMILES string of the molecule is CCCCNC(=O)[C@H](C)N(Cc1ccccc1Cl)C(=O)CCCN(c1cccc(C(F)(F)F)c1)S(C)(=O)=O. The number of carbonyl (C=O) groups excluding carboxylic acids is 2. The maximum atomic E-state index is 13.3. The van der Waals surface area contributed by atoms with Crippen LogP contribution in [0.3, 0.4) is 0 Å². The van der Waals surface area contributed by atoms with Gasteiger partial charge in [0.05, 0.1) is 17.5 Å². The van der Waals surface area contributed by atoms with E-state index in [2.05, 4.69) is 5.32 Å². The van der Waals surface area contributed by atoms with Gasteiger partial charge in [-0.2, -0.15) is 13.2 Å². The summed E-state index contributed by atoms with van der Waals surface area (Å²) in [5.74, 6) is -0.749. The zero-order valence-electron chi connectivity index (χ0n) is 21.6. The van der Waals surface area contributed by atoms with Crippen LogP contribution in [0.2, 0.25) is 5.02 Å². The number of halogens is 4. The first-order valence-corrected chi connectivity index (χ1v) is 14.4. The molecule has 2 aromatic carbocycles. The second kappa shape index (κ2) is 13.8. The van der Waals surface area contributed by atoms with Gasteiger partial charge in [0.15, 0.2) is 0 Å². The summed E-state index contributed by atoms with van der Waals surface area (Å²) in [6.45, 7) is 3.89. The Labute approximate surface area is 227 Å². The zero-order valence-corrected chi connectivity index (χ0v) is 23.2. The lowest BCUT2D eigenvalue weighted by Gasteiger charge is -2.30. The molecule has 2 rings (SSSR count). The molecule has 0 aliphatic heterocycles. The van der Waals surface area contributed by atoms with E-state index >= 15 is 0 Å². The molecule has 0 aliphatic carbocycles. The molecule has 0 unspecified atom stereocenters. The molecule has 0 fully saturated rings. The number of carbonyl (C=O) groups is 2. The molecule has 0 heterocycles. The van der Waals surface area contributed by atoms with E-state index in [0.717, 1.165) is 41.6 Å². The van der Waals surface area contributed by atoms with Crippen molar-refractivity contribution in [2.75, 3.05) is 23.7 Å². The van der Waals surface area contributed by atoms with Crippen molar-refractivity contribution in [3.63, 3.8) is 0 Å². The molecule has 0 aromatic heterocycles.